The summed E-state index contributed by atoms with van der Waals surface area (Å²) in [5, 5.41) is 4.79. The van der Waals surface area contributed by atoms with Crippen molar-refractivity contribution in [2.75, 3.05) is 20.3 Å². The molecule has 0 fully saturated rings. The van der Waals surface area contributed by atoms with Crippen LogP contribution < -0.4 is 11.1 Å². The van der Waals surface area contributed by atoms with Gasteiger partial charge in [-0.25, -0.2) is 0 Å². The maximum atomic E-state index is 12.1. The van der Waals surface area contributed by atoms with Crippen molar-refractivity contribution >= 4 is 17.2 Å². The summed E-state index contributed by atoms with van der Waals surface area (Å²) in [6.45, 7) is 2.94. The molecule has 1 unspecified atom stereocenters. The Morgan fingerprint density at radius 1 is 1.63 bits per heavy atom. The second-order valence-corrected chi connectivity index (χ2v) is 5.03. The number of nitrogens with one attached hydrogen (secondary N) is 1. The molecule has 0 saturated heterocycles. The molecule has 0 aromatic carbocycles. The lowest BCUT2D eigenvalue weighted by Crippen LogP contribution is -2.37. The van der Waals surface area contributed by atoms with Crippen LogP contribution in [0.3, 0.4) is 0 Å². The molecule has 0 aliphatic heterocycles. The molecule has 1 aromatic heterocycles. The number of methoxy groups -OCH3 is 1. The Morgan fingerprint density at radius 3 is 3.05 bits per heavy atom. The first-order valence-corrected chi connectivity index (χ1v) is 7.16. The van der Waals surface area contributed by atoms with E-state index in [1.165, 1.54) is 11.3 Å². The number of ether oxygens (including phenoxy) is 1. The molecule has 0 radical (unpaired) electrons. The van der Waals surface area contributed by atoms with Crippen molar-refractivity contribution in [2.24, 2.45) is 5.73 Å². The number of hydrogen-bond donors (Lipinski definition) is 2. The summed E-state index contributed by atoms with van der Waals surface area (Å²) in [5.41, 5.74) is 5.96. The lowest BCUT2D eigenvalue weighted by molar-refractivity contribution is 0.0892. The van der Waals surface area contributed by atoms with E-state index >= 15 is 0 Å². The summed E-state index contributed by atoms with van der Waals surface area (Å²) in [6.07, 6.45) is 1.91. The van der Waals surface area contributed by atoms with Crippen LogP contribution in [0.15, 0.2) is 11.4 Å². The van der Waals surface area contributed by atoms with E-state index in [1.807, 2.05) is 5.38 Å². The first-order valence-electron chi connectivity index (χ1n) is 6.28. The fourth-order valence-electron chi connectivity index (χ4n) is 1.67. The monoisotopic (exact) mass is 280 g/mol. The number of rotatable bonds is 6. The van der Waals surface area contributed by atoms with Crippen LogP contribution in [0.2, 0.25) is 0 Å². The Bertz CT molecular complexity index is 454. The summed E-state index contributed by atoms with van der Waals surface area (Å²) in [4.78, 5) is 12.9. The lowest BCUT2D eigenvalue weighted by Gasteiger charge is -2.16. The van der Waals surface area contributed by atoms with Gasteiger partial charge in [0.15, 0.2) is 0 Å². The van der Waals surface area contributed by atoms with Crippen LogP contribution in [0.1, 0.15) is 35.0 Å². The zero-order valence-corrected chi connectivity index (χ0v) is 12.2. The Balaban J connectivity index is 2.63. The third kappa shape index (κ3) is 5.43. The summed E-state index contributed by atoms with van der Waals surface area (Å²) < 4.78 is 5.10. The van der Waals surface area contributed by atoms with E-state index in [0.29, 0.717) is 18.7 Å². The first kappa shape index (κ1) is 15.7. The third-order valence-corrected chi connectivity index (χ3v) is 3.36. The Labute approximate surface area is 118 Å². The molecular formula is C14H20N2O2S. The van der Waals surface area contributed by atoms with E-state index in [9.17, 15) is 4.79 Å². The predicted octanol–water partition coefficient (Wildman–Crippen LogP) is 1.60. The number of nitrogens with two attached hydrogens (primary N) is 1. The summed E-state index contributed by atoms with van der Waals surface area (Å²) in [6, 6.07) is 1.85. The van der Waals surface area contributed by atoms with E-state index < -0.39 is 0 Å². The van der Waals surface area contributed by atoms with Crippen molar-refractivity contribution in [3.63, 3.8) is 0 Å². The summed E-state index contributed by atoms with van der Waals surface area (Å²) in [7, 11) is 1.64. The molecule has 3 N–H and O–H groups in total. The molecule has 1 aromatic rings. The fraction of sp³-hybridized carbons (Fsp3) is 0.500. The molecule has 5 heteroatoms. The molecule has 1 atom stereocenters. The normalized spacial score (nSPS) is 11.5. The van der Waals surface area contributed by atoms with E-state index in [0.717, 1.165) is 17.7 Å². The molecule has 104 valence electrons. The zero-order valence-electron chi connectivity index (χ0n) is 11.4. The van der Waals surface area contributed by atoms with Gasteiger partial charge in [0.1, 0.15) is 0 Å². The van der Waals surface area contributed by atoms with Crippen LogP contribution >= 0.6 is 11.3 Å². The van der Waals surface area contributed by atoms with Crippen LogP contribution in [-0.2, 0) is 4.74 Å². The molecule has 4 nitrogen and oxygen atoms in total. The second-order valence-electron chi connectivity index (χ2n) is 4.12. The number of carbonyl (C=O) groups excluding carboxylic acids is 1. The minimum atomic E-state index is -0.0763. The van der Waals surface area contributed by atoms with Crippen LogP contribution in [-0.4, -0.2) is 32.2 Å². The fourth-order valence-corrected chi connectivity index (χ4v) is 2.43. The second kappa shape index (κ2) is 8.70. The number of amides is 1. The first-order chi connectivity index (χ1) is 9.21. The highest BCUT2D eigenvalue weighted by Crippen LogP contribution is 2.13. The van der Waals surface area contributed by atoms with Crippen molar-refractivity contribution in [2.45, 2.75) is 25.8 Å². The van der Waals surface area contributed by atoms with E-state index in [1.54, 1.807) is 13.2 Å². The molecule has 19 heavy (non-hydrogen) atoms. The Hall–Kier alpha value is -1.35. The smallest absolute Gasteiger partial charge is 0.252 e. The standard InChI is InChI=1S/C14H20N2O2S/c1-3-5-12(9-18-2)16-14(17)11-8-13(19-10-11)6-4-7-15/h8,10,12H,3,5,7,9,15H2,1-2H3,(H,16,17). The Morgan fingerprint density at radius 2 is 2.42 bits per heavy atom. The molecule has 0 aliphatic carbocycles. The van der Waals surface area contributed by atoms with Crippen molar-refractivity contribution in [3.05, 3.63) is 21.9 Å². The molecule has 1 rings (SSSR count). The quantitative estimate of drug-likeness (QED) is 0.778. The van der Waals surface area contributed by atoms with E-state index in [4.69, 9.17) is 10.5 Å². The highest BCUT2D eigenvalue weighted by molar-refractivity contribution is 7.10. The van der Waals surface area contributed by atoms with Gasteiger partial charge >= 0.3 is 0 Å². The molecule has 1 heterocycles. The molecule has 0 saturated carbocycles. The maximum absolute atomic E-state index is 12.1. The van der Waals surface area contributed by atoms with Crippen LogP contribution in [0, 0.1) is 11.8 Å². The van der Waals surface area contributed by atoms with E-state index in [2.05, 4.69) is 24.1 Å². The Kier molecular flexibility index (Phi) is 7.19. The van der Waals surface area contributed by atoms with Gasteiger partial charge < -0.3 is 15.8 Å². The van der Waals surface area contributed by atoms with Crippen molar-refractivity contribution in [3.8, 4) is 11.8 Å². The maximum Gasteiger partial charge on any atom is 0.252 e. The van der Waals surface area contributed by atoms with Gasteiger partial charge in [0, 0.05) is 12.5 Å². The van der Waals surface area contributed by atoms with Crippen molar-refractivity contribution in [1.29, 1.82) is 0 Å². The average Bonchev–Trinajstić information content (AvgIpc) is 2.85. The van der Waals surface area contributed by atoms with Gasteiger partial charge in [-0.05, 0) is 12.5 Å². The number of hydrogen-bond acceptors (Lipinski definition) is 4. The third-order valence-electron chi connectivity index (χ3n) is 2.52. The van der Waals surface area contributed by atoms with Gasteiger partial charge in [-0.15, -0.1) is 11.3 Å². The molecule has 0 aliphatic rings. The van der Waals surface area contributed by atoms with Gasteiger partial charge in [0.2, 0.25) is 0 Å². The van der Waals surface area contributed by atoms with Gasteiger partial charge in [-0.3, -0.25) is 4.79 Å². The van der Waals surface area contributed by atoms with Gasteiger partial charge in [0.25, 0.3) is 5.91 Å². The average molecular weight is 280 g/mol. The topological polar surface area (TPSA) is 64.3 Å². The number of carbonyl (C=O) groups is 1. The molecule has 0 spiro atoms. The predicted molar refractivity (Wildman–Crippen MR) is 78.3 cm³/mol. The molecule has 1 amide bonds. The number of thiophene rings is 1. The van der Waals surface area contributed by atoms with Gasteiger partial charge in [0.05, 0.1) is 29.6 Å². The summed E-state index contributed by atoms with van der Waals surface area (Å²) in [5.74, 6) is 5.62. The van der Waals surface area contributed by atoms with Crippen molar-refractivity contribution < 1.29 is 9.53 Å². The minimum absolute atomic E-state index is 0.0565. The van der Waals surface area contributed by atoms with Crippen LogP contribution in [0.5, 0.6) is 0 Å². The van der Waals surface area contributed by atoms with E-state index in [-0.39, 0.29) is 11.9 Å². The highest BCUT2D eigenvalue weighted by Gasteiger charge is 2.14. The SMILES string of the molecule is CCCC(COC)NC(=O)c1csc(C#CCN)c1. The minimum Gasteiger partial charge on any atom is -0.383 e. The largest absolute Gasteiger partial charge is 0.383 e. The van der Waals surface area contributed by atoms with Crippen LogP contribution in [0.25, 0.3) is 0 Å². The summed E-state index contributed by atoms with van der Waals surface area (Å²) >= 11 is 1.45. The molecule has 0 bridgehead atoms. The zero-order chi connectivity index (χ0) is 14.1. The molecular weight excluding hydrogens is 260 g/mol. The van der Waals surface area contributed by atoms with Gasteiger partial charge in [-0.2, -0.15) is 0 Å². The van der Waals surface area contributed by atoms with Crippen molar-refractivity contribution in [1.82, 2.24) is 5.32 Å². The highest BCUT2D eigenvalue weighted by atomic mass is 32.1. The lowest BCUT2D eigenvalue weighted by atomic mass is 10.1. The van der Waals surface area contributed by atoms with Crippen LogP contribution in [0.4, 0.5) is 0 Å². The van der Waals surface area contributed by atoms with Gasteiger partial charge in [-0.1, -0.05) is 25.2 Å².